The molecule has 0 amide bonds. The van der Waals surface area contributed by atoms with Crippen LogP contribution >= 0.6 is 0 Å². The Labute approximate surface area is 336 Å². The van der Waals surface area contributed by atoms with Crippen molar-refractivity contribution in [3.05, 3.63) is 70.8 Å². The molecule has 0 radical (unpaired) electrons. The van der Waals surface area contributed by atoms with Gasteiger partial charge in [-0.25, -0.2) is 0 Å². The Morgan fingerprint density at radius 2 is 0.759 bits per heavy atom. The highest BCUT2D eigenvalue weighted by Gasteiger charge is 2.63. The molecule has 0 aliphatic heterocycles. The van der Waals surface area contributed by atoms with E-state index in [1.165, 1.54) is 49.7 Å². The highest BCUT2D eigenvalue weighted by molar-refractivity contribution is 5.33. The smallest absolute Gasteiger partial charge is 0.0126 e. The molecule has 0 saturated heterocycles. The summed E-state index contributed by atoms with van der Waals surface area (Å²) in [7, 11) is 0. The van der Waals surface area contributed by atoms with Crippen molar-refractivity contribution < 1.29 is 0 Å². The first-order valence-corrected chi connectivity index (χ1v) is 22.8. The van der Waals surface area contributed by atoms with Crippen LogP contribution in [-0.2, 0) is 10.8 Å². The van der Waals surface area contributed by atoms with Gasteiger partial charge in [0.1, 0.15) is 0 Å². The molecule has 0 aromatic heterocycles. The van der Waals surface area contributed by atoms with E-state index in [-0.39, 0.29) is 21.7 Å². The molecule has 0 heteroatoms. The molecule has 11 unspecified atom stereocenters. The van der Waals surface area contributed by atoms with Crippen LogP contribution in [0, 0.1) is 80.8 Å². The van der Waals surface area contributed by atoms with Gasteiger partial charge in [0.05, 0.1) is 0 Å². The van der Waals surface area contributed by atoms with Gasteiger partial charge in [0.15, 0.2) is 0 Å². The normalized spacial score (nSPS) is 35.5. The third kappa shape index (κ3) is 7.96. The molecule has 0 N–H and O–H groups in total. The Morgan fingerprint density at radius 1 is 0.389 bits per heavy atom. The first-order chi connectivity index (χ1) is 24.6. The third-order valence-corrected chi connectivity index (χ3v) is 17.2. The fraction of sp³-hybridized carbons (Fsp3) is 0.778. The van der Waals surface area contributed by atoms with Crippen molar-refractivity contribution in [1.82, 2.24) is 0 Å². The van der Waals surface area contributed by atoms with Crippen LogP contribution in [0.25, 0.3) is 0 Å². The SMILES string of the molecule is CC1CC(C(C)(C)C)CC1C(C)(C)C1C2CC(c3ccc(C(C)(C)C)cc3)C(C(C)(C)C)CC2C2CC(C(C)(C)C)C(c3ccc(C(C)(C)C)cc3)CC21. The van der Waals surface area contributed by atoms with Crippen LogP contribution in [0.1, 0.15) is 197 Å². The summed E-state index contributed by atoms with van der Waals surface area (Å²) in [6.45, 7) is 45.4. The van der Waals surface area contributed by atoms with Crippen LogP contribution in [-0.4, -0.2) is 0 Å². The van der Waals surface area contributed by atoms with E-state index in [0.717, 1.165) is 47.3 Å². The maximum atomic E-state index is 2.80. The van der Waals surface area contributed by atoms with Gasteiger partial charge < -0.3 is 0 Å². The van der Waals surface area contributed by atoms with E-state index in [9.17, 15) is 0 Å². The Kier molecular flexibility index (Phi) is 11.0. The minimum absolute atomic E-state index is 0.186. The minimum Gasteiger partial charge on any atom is -0.0622 e. The van der Waals surface area contributed by atoms with E-state index in [1.807, 2.05) is 0 Å². The topological polar surface area (TPSA) is 0 Å². The molecule has 302 valence electrons. The Balaban J connectivity index is 1.46. The summed E-state index contributed by atoms with van der Waals surface area (Å²) in [5, 5.41) is 0. The molecule has 0 spiro atoms. The van der Waals surface area contributed by atoms with Crippen molar-refractivity contribution in [1.29, 1.82) is 0 Å². The molecular formula is C54H86. The fourth-order valence-electron chi connectivity index (χ4n) is 14.1. The number of fused-ring (bicyclic) bond motifs is 3. The average molecular weight is 735 g/mol. The van der Waals surface area contributed by atoms with Gasteiger partial charge in [0.2, 0.25) is 0 Å². The lowest BCUT2D eigenvalue weighted by molar-refractivity contribution is -0.00880. The van der Waals surface area contributed by atoms with E-state index >= 15 is 0 Å². The molecule has 6 rings (SSSR count). The van der Waals surface area contributed by atoms with Gasteiger partial charge in [0.25, 0.3) is 0 Å². The maximum absolute atomic E-state index is 2.80. The van der Waals surface area contributed by atoms with Gasteiger partial charge >= 0.3 is 0 Å². The molecule has 4 saturated carbocycles. The number of hydrogen-bond acceptors (Lipinski definition) is 0. The van der Waals surface area contributed by atoms with Gasteiger partial charge in [-0.15, -0.1) is 0 Å². The van der Waals surface area contributed by atoms with Gasteiger partial charge in [-0.3, -0.25) is 0 Å². The summed E-state index contributed by atoms with van der Waals surface area (Å²) < 4.78 is 0. The van der Waals surface area contributed by atoms with E-state index in [1.54, 1.807) is 11.1 Å². The summed E-state index contributed by atoms with van der Waals surface area (Å²) >= 11 is 0. The van der Waals surface area contributed by atoms with Crippen LogP contribution in [0.2, 0.25) is 0 Å². The molecule has 0 nitrogen and oxygen atoms in total. The molecule has 4 fully saturated rings. The standard InChI is InChI=1S/C54H86/c1-33-27-38(51(8,9)10)28-45(33)54(17,18)48-43-29-39(34-19-23-36(24-20-34)49(2,3)4)46(52(11,12)13)31-41(43)42-32-47(53(14,15)16)40(30-44(42)48)35-21-25-37(26-22-35)50(5,6)7/h19-26,33,38-48H,27-32H2,1-18H3. The zero-order valence-electron chi connectivity index (χ0n) is 38.8. The van der Waals surface area contributed by atoms with Crippen molar-refractivity contribution in [2.24, 2.45) is 80.8 Å². The van der Waals surface area contributed by atoms with E-state index in [0.29, 0.717) is 34.5 Å². The lowest BCUT2D eigenvalue weighted by Gasteiger charge is -2.51. The number of benzene rings is 2. The molecule has 2 aromatic carbocycles. The third-order valence-electron chi connectivity index (χ3n) is 17.2. The minimum atomic E-state index is 0.186. The highest BCUT2D eigenvalue weighted by atomic mass is 14.7. The highest BCUT2D eigenvalue weighted by Crippen LogP contribution is 2.71. The monoisotopic (exact) mass is 735 g/mol. The van der Waals surface area contributed by atoms with Crippen molar-refractivity contribution in [3.8, 4) is 0 Å². The Hall–Kier alpha value is -1.56. The first-order valence-electron chi connectivity index (χ1n) is 22.8. The van der Waals surface area contributed by atoms with Gasteiger partial charge in [-0.05, 0) is 164 Å². The second-order valence-corrected chi connectivity index (χ2v) is 26.0. The summed E-state index contributed by atoms with van der Waals surface area (Å²) in [6.07, 6.45) is 8.44. The summed E-state index contributed by atoms with van der Waals surface area (Å²) in [6, 6.07) is 20.2. The van der Waals surface area contributed by atoms with Crippen molar-refractivity contribution >= 4 is 0 Å². The second kappa shape index (κ2) is 14.1. The van der Waals surface area contributed by atoms with Crippen LogP contribution < -0.4 is 0 Å². The molecular weight excluding hydrogens is 649 g/mol. The summed E-state index contributed by atoms with van der Waals surface area (Å²) in [5.41, 5.74) is 7.85. The Morgan fingerprint density at radius 3 is 1.06 bits per heavy atom. The fourth-order valence-corrected chi connectivity index (χ4v) is 14.1. The van der Waals surface area contributed by atoms with E-state index < -0.39 is 0 Å². The molecule has 4 aliphatic rings. The number of rotatable bonds is 4. The average Bonchev–Trinajstić information content (AvgIpc) is 3.60. The summed E-state index contributed by atoms with van der Waals surface area (Å²) in [5.74, 6) is 9.25. The zero-order valence-corrected chi connectivity index (χ0v) is 38.8. The first kappa shape index (κ1) is 42.1. The predicted molar refractivity (Wildman–Crippen MR) is 236 cm³/mol. The van der Waals surface area contributed by atoms with E-state index in [4.69, 9.17) is 0 Å². The number of hydrogen-bond donors (Lipinski definition) is 0. The van der Waals surface area contributed by atoms with Crippen molar-refractivity contribution in [3.63, 3.8) is 0 Å². The summed E-state index contributed by atoms with van der Waals surface area (Å²) in [4.78, 5) is 0. The molecule has 4 aliphatic carbocycles. The van der Waals surface area contributed by atoms with Crippen LogP contribution in [0.4, 0.5) is 0 Å². The molecule has 2 aromatic rings. The van der Waals surface area contributed by atoms with Crippen LogP contribution in [0.3, 0.4) is 0 Å². The van der Waals surface area contributed by atoms with Gasteiger partial charge in [0, 0.05) is 0 Å². The molecule has 0 heterocycles. The molecule has 0 bridgehead atoms. The van der Waals surface area contributed by atoms with Crippen molar-refractivity contribution in [2.45, 2.75) is 186 Å². The lowest BCUT2D eigenvalue weighted by atomic mass is 9.53. The largest absolute Gasteiger partial charge is 0.0622 e. The Bertz CT molecular complexity index is 1470. The second-order valence-electron chi connectivity index (χ2n) is 26.0. The van der Waals surface area contributed by atoms with Crippen molar-refractivity contribution in [2.75, 3.05) is 0 Å². The van der Waals surface area contributed by atoms with E-state index in [2.05, 4.69) is 173 Å². The van der Waals surface area contributed by atoms with Crippen LogP contribution in [0.15, 0.2) is 48.5 Å². The molecule has 54 heavy (non-hydrogen) atoms. The van der Waals surface area contributed by atoms with Gasteiger partial charge in [-0.2, -0.15) is 0 Å². The lowest BCUT2D eigenvalue weighted by Crippen LogP contribution is -2.44. The predicted octanol–water partition coefficient (Wildman–Crippen LogP) is 15.9. The van der Waals surface area contributed by atoms with Crippen LogP contribution in [0.5, 0.6) is 0 Å². The quantitative estimate of drug-likeness (QED) is 0.293. The zero-order chi connectivity index (χ0) is 40.1. The maximum Gasteiger partial charge on any atom is -0.0126 e. The molecule has 11 atom stereocenters. The van der Waals surface area contributed by atoms with Gasteiger partial charge in [-0.1, -0.05) is 173 Å².